The van der Waals surface area contributed by atoms with E-state index in [1.807, 2.05) is 45.9 Å². The smallest absolute Gasteiger partial charge is 0.257 e. The number of carbonyl (C=O) groups excluding carboxylic acids is 1. The highest BCUT2D eigenvalue weighted by Gasteiger charge is 2.21. The molecule has 6 nitrogen and oxygen atoms in total. The molecule has 2 aromatic heterocycles. The number of amides is 1. The summed E-state index contributed by atoms with van der Waals surface area (Å²) in [6.07, 6.45) is 1.59. The SMILES string of the molecule is CCN(CC)C(=O)c1cnc2nc(C)ccc2c1Nc1cc(C)c(Cl)cc1OC. The van der Waals surface area contributed by atoms with Crippen molar-refractivity contribution < 1.29 is 9.53 Å². The van der Waals surface area contributed by atoms with Gasteiger partial charge in [0.15, 0.2) is 5.65 Å². The molecule has 0 spiro atoms. The molecular formula is C22H25ClN4O2. The van der Waals surface area contributed by atoms with Crippen LogP contribution in [0.15, 0.2) is 30.5 Å². The first-order chi connectivity index (χ1) is 13.9. The van der Waals surface area contributed by atoms with Crippen molar-refractivity contribution in [3.8, 4) is 5.75 Å². The van der Waals surface area contributed by atoms with Gasteiger partial charge < -0.3 is 15.0 Å². The molecule has 1 amide bonds. The highest BCUT2D eigenvalue weighted by Crippen LogP contribution is 2.36. The summed E-state index contributed by atoms with van der Waals surface area (Å²) in [5.74, 6) is 0.504. The predicted octanol–water partition coefficient (Wildman–Crippen LogP) is 5.13. The van der Waals surface area contributed by atoms with Gasteiger partial charge in [0.2, 0.25) is 0 Å². The van der Waals surface area contributed by atoms with Gasteiger partial charge in [-0.15, -0.1) is 0 Å². The molecule has 0 fully saturated rings. The van der Waals surface area contributed by atoms with Gasteiger partial charge in [0.1, 0.15) is 5.75 Å². The first-order valence-electron chi connectivity index (χ1n) is 9.56. The van der Waals surface area contributed by atoms with Crippen LogP contribution in [0, 0.1) is 13.8 Å². The summed E-state index contributed by atoms with van der Waals surface area (Å²) in [7, 11) is 1.59. The highest BCUT2D eigenvalue weighted by molar-refractivity contribution is 6.31. The standard InChI is InChI=1S/C22H25ClN4O2/c1-6-27(7-2)22(28)16-12-24-21-15(9-8-14(4)25-21)20(16)26-18-10-13(3)17(23)11-19(18)29-5/h8-12H,6-7H2,1-5H3,(H,24,25,26). The minimum Gasteiger partial charge on any atom is -0.495 e. The van der Waals surface area contributed by atoms with Gasteiger partial charge in [0.05, 0.1) is 24.0 Å². The fourth-order valence-corrected chi connectivity index (χ4v) is 3.37. The average molecular weight is 413 g/mol. The Morgan fingerprint density at radius 1 is 1.21 bits per heavy atom. The van der Waals surface area contributed by atoms with Crippen molar-refractivity contribution in [3.63, 3.8) is 0 Å². The lowest BCUT2D eigenvalue weighted by atomic mass is 10.1. The molecule has 2 heterocycles. The quantitative estimate of drug-likeness (QED) is 0.607. The zero-order chi connectivity index (χ0) is 21.1. The molecule has 0 saturated carbocycles. The topological polar surface area (TPSA) is 67.4 Å². The number of ether oxygens (including phenoxy) is 1. The normalized spacial score (nSPS) is 10.8. The third-order valence-electron chi connectivity index (χ3n) is 4.89. The monoisotopic (exact) mass is 412 g/mol. The molecular weight excluding hydrogens is 388 g/mol. The summed E-state index contributed by atoms with van der Waals surface area (Å²) in [4.78, 5) is 23.9. The number of aromatic nitrogens is 2. The predicted molar refractivity (Wildman–Crippen MR) is 118 cm³/mol. The number of aryl methyl sites for hydroxylation is 2. The van der Waals surface area contributed by atoms with E-state index in [0.29, 0.717) is 40.8 Å². The molecule has 0 bridgehead atoms. The van der Waals surface area contributed by atoms with Gasteiger partial charge in [-0.2, -0.15) is 0 Å². The molecule has 0 unspecified atom stereocenters. The Morgan fingerprint density at radius 2 is 1.93 bits per heavy atom. The molecule has 29 heavy (non-hydrogen) atoms. The fourth-order valence-electron chi connectivity index (χ4n) is 3.21. The number of nitrogens with zero attached hydrogens (tertiary/aromatic N) is 3. The Bertz CT molecular complexity index is 1060. The van der Waals surface area contributed by atoms with Crippen LogP contribution in [-0.4, -0.2) is 41.0 Å². The number of carbonyl (C=O) groups is 1. The van der Waals surface area contributed by atoms with Crippen LogP contribution in [0.2, 0.25) is 5.02 Å². The van der Waals surface area contributed by atoms with Gasteiger partial charge in [-0.05, 0) is 51.5 Å². The van der Waals surface area contributed by atoms with Crippen LogP contribution in [-0.2, 0) is 0 Å². The fraction of sp³-hybridized carbons (Fsp3) is 0.318. The van der Waals surface area contributed by atoms with E-state index in [2.05, 4.69) is 15.3 Å². The van der Waals surface area contributed by atoms with E-state index in [-0.39, 0.29) is 5.91 Å². The minimum atomic E-state index is -0.0860. The zero-order valence-corrected chi connectivity index (χ0v) is 18.1. The van der Waals surface area contributed by atoms with Crippen molar-refractivity contribution in [2.75, 3.05) is 25.5 Å². The van der Waals surface area contributed by atoms with Crippen molar-refractivity contribution in [3.05, 3.63) is 52.3 Å². The van der Waals surface area contributed by atoms with E-state index >= 15 is 0 Å². The number of hydrogen-bond donors (Lipinski definition) is 1. The van der Waals surface area contributed by atoms with E-state index < -0.39 is 0 Å². The van der Waals surface area contributed by atoms with E-state index in [1.54, 1.807) is 24.3 Å². The van der Waals surface area contributed by atoms with Crippen molar-refractivity contribution in [1.29, 1.82) is 0 Å². The number of benzene rings is 1. The maximum atomic E-state index is 13.2. The van der Waals surface area contributed by atoms with Crippen molar-refractivity contribution in [1.82, 2.24) is 14.9 Å². The Labute approximate surface area is 175 Å². The Morgan fingerprint density at radius 3 is 2.59 bits per heavy atom. The van der Waals surface area contributed by atoms with Crippen molar-refractivity contribution in [2.45, 2.75) is 27.7 Å². The third kappa shape index (κ3) is 4.12. The lowest BCUT2D eigenvalue weighted by Crippen LogP contribution is -2.31. The Hall–Kier alpha value is -2.86. The second kappa shape index (κ2) is 8.66. The van der Waals surface area contributed by atoms with E-state index in [9.17, 15) is 4.79 Å². The van der Waals surface area contributed by atoms with Crippen LogP contribution in [0.4, 0.5) is 11.4 Å². The lowest BCUT2D eigenvalue weighted by Gasteiger charge is -2.22. The van der Waals surface area contributed by atoms with Crippen LogP contribution >= 0.6 is 11.6 Å². The number of pyridine rings is 2. The molecule has 7 heteroatoms. The first kappa shape index (κ1) is 20.9. The van der Waals surface area contributed by atoms with Crippen LogP contribution in [0.25, 0.3) is 11.0 Å². The van der Waals surface area contributed by atoms with E-state index in [0.717, 1.165) is 22.3 Å². The summed E-state index contributed by atoms with van der Waals surface area (Å²) in [5, 5.41) is 4.78. The maximum Gasteiger partial charge on any atom is 0.257 e. The van der Waals surface area contributed by atoms with Crippen LogP contribution in [0.3, 0.4) is 0 Å². The summed E-state index contributed by atoms with van der Waals surface area (Å²) in [5.41, 5.74) is 4.20. The largest absolute Gasteiger partial charge is 0.495 e. The first-order valence-corrected chi connectivity index (χ1v) is 9.94. The number of methoxy groups -OCH3 is 1. The molecule has 0 atom stereocenters. The average Bonchev–Trinajstić information content (AvgIpc) is 2.71. The number of rotatable bonds is 6. The minimum absolute atomic E-state index is 0.0860. The molecule has 0 saturated heterocycles. The number of halogens is 1. The molecule has 1 aromatic carbocycles. The van der Waals surface area contributed by atoms with Gasteiger partial charge in [-0.25, -0.2) is 9.97 Å². The Balaban J connectivity index is 2.22. The summed E-state index contributed by atoms with van der Waals surface area (Å²) in [6, 6.07) is 7.50. The highest BCUT2D eigenvalue weighted by atomic mass is 35.5. The second-order valence-electron chi connectivity index (χ2n) is 6.77. The van der Waals surface area contributed by atoms with E-state index in [4.69, 9.17) is 16.3 Å². The summed E-state index contributed by atoms with van der Waals surface area (Å²) >= 11 is 6.25. The molecule has 0 aliphatic rings. The molecule has 3 aromatic rings. The second-order valence-corrected chi connectivity index (χ2v) is 7.18. The van der Waals surface area contributed by atoms with Crippen LogP contribution < -0.4 is 10.1 Å². The third-order valence-corrected chi connectivity index (χ3v) is 5.30. The van der Waals surface area contributed by atoms with Gasteiger partial charge in [0, 0.05) is 41.5 Å². The van der Waals surface area contributed by atoms with Crippen molar-refractivity contribution in [2.24, 2.45) is 0 Å². The molecule has 1 N–H and O–H groups in total. The number of anilines is 2. The van der Waals surface area contributed by atoms with E-state index in [1.165, 1.54) is 0 Å². The number of nitrogens with one attached hydrogen (secondary N) is 1. The number of hydrogen-bond acceptors (Lipinski definition) is 5. The van der Waals surface area contributed by atoms with Gasteiger partial charge in [0.25, 0.3) is 5.91 Å². The van der Waals surface area contributed by atoms with Gasteiger partial charge >= 0.3 is 0 Å². The van der Waals surface area contributed by atoms with Crippen LogP contribution in [0.1, 0.15) is 35.5 Å². The zero-order valence-electron chi connectivity index (χ0n) is 17.3. The van der Waals surface area contributed by atoms with Crippen LogP contribution in [0.5, 0.6) is 5.75 Å². The van der Waals surface area contributed by atoms with Crippen molar-refractivity contribution >= 4 is 39.9 Å². The lowest BCUT2D eigenvalue weighted by molar-refractivity contribution is 0.0773. The molecule has 0 aliphatic heterocycles. The molecule has 0 aliphatic carbocycles. The van der Waals surface area contributed by atoms with Gasteiger partial charge in [-0.3, -0.25) is 4.79 Å². The number of fused-ring (bicyclic) bond motifs is 1. The Kier molecular flexibility index (Phi) is 6.23. The molecule has 152 valence electrons. The molecule has 0 radical (unpaired) electrons. The maximum absolute atomic E-state index is 13.2. The molecule has 3 rings (SSSR count). The summed E-state index contributed by atoms with van der Waals surface area (Å²) < 4.78 is 5.50. The summed E-state index contributed by atoms with van der Waals surface area (Å²) in [6.45, 7) is 8.98. The van der Waals surface area contributed by atoms with Gasteiger partial charge in [-0.1, -0.05) is 11.6 Å².